The maximum Gasteiger partial charge on any atom is 0.312 e. The molecule has 0 radical (unpaired) electrons. The Morgan fingerprint density at radius 3 is 2.33 bits per heavy atom. The number of nitrogens with two attached hydrogens (primary N) is 2. The van der Waals surface area contributed by atoms with Crippen LogP contribution >= 0.6 is 0 Å². The van der Waals surface area contributed by atoms with Crippen molar-refractivity contribution in [3.63, 3.8) is 0 Å². The molecule has 0 saturated carbocycles. The second kappa shape index (κ2) is 5.87. The summed E-state index contributed by atoms with van der Waals surface area (Å²) in [4.78, 5) is 10.6. The molecular formula is C14H23N3O. The highest BCUT2D eigenvalue weighted by Gasteiger charge is 2.15. The minimum atomic E-state index is -0.485. The highest BCUT2D eigenvalue weighted by molar-refractivity contribution is 5.71. The summed E-state index contributed by atoms with van der Waals surface area (Å²) in [6.45, 7) is 7.60. The molecule has 0 aliphatic rings. The molecule has 4 heteroatoms. The molecule has 4 nitrogen and oxygen atoms in total. The summed E-state index contributed by atoms with van der Waals surface area (Å²) in [5.74, 6) is 0. The van der Waals surface area contributed by atoms with E-state index in [-0.39, 0.29) is 5.41 Å². The molecule has 1 aromatic carbocycles. The molecule has 0 atom stereocenters. The van der Waals surface area contributed by atoms with Crippen LogP contribution in [0.1, 0.15) is 37.5 Å². The molecule has 0 aliphatic carbocycles. The van der Waals surface area contributed by atoms with Crippen molar-refractivity contribution in [2.45, 2.75) is 39.2 Å². The first-order valence-electron chi connectivity index (χ1n) is 6.19. The number of carbonyl (C=O) groups is 1. The highest BCUT2D eigenvalue weighted by Crippen LogP contribution is 2.24. The van der Waals surface area contributed by atoms with Crippen LogP contribution in [0.15, 0.2) is 18.2 Å². The van der Waals surface area contributed by atoms with Crippen LogP contribution in [0.5, 0.6) is 0 Å². The normalized spacial score (nSPS) is 11.3. The number of primary amides is 1. The average Bonchev–Trinajstić information content (AvgIpc) is 2.27. The summed E-state index contributed by atoms with van der Waals surface area (Å²) in [5, 5.41) is 2.60. The first kappa shape index (κ1) is 14.5. The summed E-state index contributed by atoms with van der Waals surface area (Å²) in [7, 11) is 0. The van der Waals surface area contributed by atoms with Crippen LogP contribution in [-0.4, -0.2) is 12.6 Å². The number of hydrogen-bond acceptors (Lipinski definition) is 2. The Morgan fingerprint density at radius 1 is 1.22 bits per heavy atom. The van der Waals surface area contributed by atoms with Crippen LogP contribution in [0.2, 0.25) is 0 Å². The van der Waals surface area contributed by atoms with Crippen LogP contribution in [-0.2, 0) is 18.4 Å². The van der Waals surface area contributed by atoms with Gasteiger partial charge in [0.2, 0.25) is 0 Å². The number of nitrogens with one attached hydrogen (secondary N) is 1. The number of rotatable bonds is 4. The van der Waals surface area contributed by atoms with Crippen LogP contribution in [0.25, 0.3) is 0 Å². The molecule has 1 rings (SSSR count). The van der Waals surface area contributed by atoms with Gasteiger partial charge < -0.3 is 16.8 Å². The Kier molecular flexibility index (Phi) is 4.73. The van der Waals surface area contributed by atoms with Gasteiger partial charge in [0.15, 0.2) is 0 Å². The minimum absolute atomic E-state index is 0.0943. The number of hydrogen-bond donors (Lipinski definition) is 3. The number of amides is 2. The molecule has 1 aromatic rings. The van der Waals surface area contributed by atoms with E-state index in [9.17, 15) is 4.79 Å². The predicted octanol–water partition coefficient (Wildman–Crippen LogP) is 1.65. The highest BCUT2D eigenvalue weighted by atomic mass is 16.2. The Morgan fingerprint density at radius 2 is 1.83 bits per heavy atom. The molecule has 0 aliphatic heterocycles. The van der Waals surface area contributed by atoms with Gasteiger partial charge in [-0.1, -0.05) is 39.0 Å². The zero-order chi connectivity index (χ0) is 13.8. The maximum absolute atomic E-state index is 10.6. The second-order valence-electron chi connectivity index (χ2n) is 5.53. The van der Waals surface area contributed by atoms with Crippen molar-refractivity contribution in [1.82, 2.24) is 5.32 Å². The first-order valence-corrected chi connectivity index (χ1v) is 6.19. The van der Waals surface area contributed by atoms with Gasteiger partial charge in [-0.05, 0) is 28.5 Å². The summed E-state index contributed by atoms with van der Waals surface area (Å²) < 4.78 is 0. The van der Waals surface area contributed by atoms with Crippen LogP contribution in [0.4, 0.5) is 4.79 Å². The molecule has 2 amide bonds. The van der Waals surface area contributed by atoms with E-state index in [1.54, 1.807) is 0 Å². The third-order valence-electron chi connectivity index (χ3n) is 2.87. The summed E-state index contributed by atoms with van der Waals surface area (Å²) in [6, 6.07) is 5.91. The molecule has 100 valence electrons. The monoisotopic (exact) mass is 249 g/mol. The van der Waals surface area contributed by atoms with Gasteiger partial charge in [-0.2, -0.15) is 0 Å². The standard InChI is InChI=1S/C14H23N3O/c1-14(2,3)12-7-10(4-5-17-13(16)18)6-11(8-12)9-15/h6-8H,4-5,9,15H2,1-3H3,(H3,16,17,18). The van der Waals surface area contributed by atoms with Gasteiger partial charge >= 0.3 is 6.03 Å². The quantitative estimate of drug-likeness (QED) is 0.758. The number of carbonyl (C=O) groups excluding carboxylic acids is 1. The van der Waals surface area contributed by atoms with Crippen molar-refractivity contribution in [2.24, 2.45) is 11.5 Å². The van der Waals surface area contributed by atoms with Crippen molar-refractivity contribution < 1.29 is 4.79 Å². The van der Waals surface area contributed by atoms with Crippen molar-refractivity contribution in [3.8, 4) is 0 Å². The van der Waals surface area contributed by atoms with Gasteiger partial charge in [-0.3, -0.25) is 0 Å². The van der Waals surface area contributed by atoms with Crippen LogP contribution < -0.4 is 16.8 Å². The van der Waals surface area contributed by atoms with E-state index in [1.807, 2.05) is 0 Å². The molecule has 0 saturated heterocycles. The lowest BCUT2D eigenvalue weighted by Crippen LogP contribution is -2.31. The van der Waals surface area contributed by atoms with Crippen molar-refractivity contribution in [3.05, 3.63) is 34.9 Å². The molecule has 0 spiro atoms. The molecule has 5 N–H and O–H groups in total. The zero-order valence-electron chi connectivity index (χ0n) is 11.4. The molecule has 0 bridgehead atoms. The topological polar surface area (TPSA) is 81.1 Å². The smallest absolute Gasteiger partial charge is 0.312 e. The lowest BCUT2D eigenvalue weighted by Gasteiger charge is -2.21. The summed E-state index contributed by atoms with van der Waals surface area (Å²) in [5.41, 5.74) is 14.4. The third-order valence-corrected chi connectivity index (χ3v) is 2.87. The Balaban J connectivity index is 2.87. The van der Waals surface area contributed by atoms with Gasteiger partial charge in [0.05, 0.1) is 0 Å². The van der Waals surface area contributed by atoms with E-state index in [4.69, 9.17) is 11.5 Å². The van der Waals surface area contributed by atoms with Gasteiger partial charge in [-0.25, -0.2) is 4.79 Å². The largest absolute Gasteiger partial charge is 0.352 e. The fourth-order valence-corrected chi connectivity index (χ4v) is 1.79. The van der Waals surface area contributed by atoms with E-state index in [0.717, 1.165) is 12.0 Å². The lowest BCUT2D eigenvalue weighted by molar-refractivity contribution is 0.249. The Bertz CT molecular complexity index is 422. The van der Waals surface area contributed by atoms with Gasteiger partial charge in [0.1, 0.15) is 0 Å². The van der Waals surface area contributed by atoms with Gasteiger partial charge in [-0.15, -0.1) is 0 Å². The summed E-state index contributed by atoms with van der Waals surface area (Å²) in [6.07, 6.45) is 0.764. The van der Waals surface area contributed by atoms with Crippen LogP contribution in [0.3, 0.4) is 0 Å². The molecular weight excluding hydrogens is 226 g/mol. The Hall–Kier alpha value is -1.55. The molecule has 0 heterocycles. The van der Waals surface area contributed by atoms with E-state index < -0.39 is 6.03 Å². The molecule has 0 aromatic heterocycles. The molecule has 18 heavy (non-hydrogen) atoms. The van der Waals surface area contributed by atoms with E-state index in [2.05, 4.69) is 44.3 Å². The fourth-order valence-electron chi connectivity index (χ4n) is 1.79. The van der Waals surface area contributed by atoms with Gasteiger partial charge in [0.25, 0.3) is 0 Å². The second-order valence-corrected chi connectivity index (χ2v) is 5.53. The van der Waals surface area contributed by atoms with E-state index in [1.165, 1.54) is 11.1 Å². The minimum Gasteiger partial charge on any atom is -0.352 e. The lowest BCUT2D eigenvalue weighted by atomic mass is 9.84. The van der Waals surface area contributed by atoms with E-state index >= 15 is 0 Å². The third kappa shape index (κ3) is 4.37. The fraction of sp³-hybridized carbons (Fsp3) is 0.500. The summed E-state index contributed by atoms with van der Waals surface area (Å²) >= 11 is 0. The molecule has 0 fully saturated rings. The average molecular weight is 249 g/mol. The Labute approximate surface area is 109 Å². The zero-order valence-corrected chi connectivity index (χ0v) is 11.4. The van der Waals surface area contributed by atoms with Gasteiger partial charge in [0, 0.05) is 13.1 Å². The number of benzene rings is 1. The predicted molar refractivity (Wildman–Crippen MR) is 74.3 cm³/mol. The SMILES string of the molecule is CC(C)(C)c1cc(CN)cc(CCNC(N)=O)c1. The molecule has 0 unspecified atom stereocenters. The number of urea groups is 1. The first-order chi connectivity index (χ1) is 8.32. The van der Waals surface area contributed by atoms with Crippen LogP contribution in [0, 0.1) is 0 Å². The van der Waals surface area contributed by atoms with Crippen molar-refractivity contribution in [2.75, 3.05) is 6.54 Å². The van der Waals surface area contributed by atoms with Crippen molar-refractivity contribution in [1.29, 1.82) is 0 Å². The van der Waals surface area contributed by atoms with Crippen molar-refractivity contribution >= 4 is 6.03 Å². The maximum atomic E-state index is 10.6. The van der Waals surface area contributed by atoms with E-state index in [0.29, 0.717) is 13.1 Å².